The van der Waals surface area contributed by atoms with Gasteiger partial charge in [-0.2, -0.15) is 4.58 Å². The zero-order valence-electron chi connectivity index (χ0n) is 27.2. The Hall–Kier alpha value is -4.17. The van der Waals surface area contributed by atoms with Crippen molar-refractivity contribution in [3.8, 4) is 0 Å². The van der Waals surface area contributed by atoms with Crippen molar-refractivity contribution in [2.75, 3.05) is 18.5 Å². The second-order valence-corrected chi connectivity index (χ2v) is 13.9. The topological polar surface area (TPSA) is 6.25 Å². The van der Waals surface area contributed by atoms with Gasteiger partial charge in [-0.1, -0.05) is 93.6 Å². The summed E-state index contributed by atoms with van der Waals surface area (Å²) in [5.41, 5.74) is 11.1. The van der Waals surface area contributed by atoms with Crippen molar-refractivity contribution in [3.63, 3.8) is 0 Å². The van der Waals surface area contributed by atoms with Gasteiger partial charge in [0.25, 0.3) is 0 Å². The molecule has 44 heavy (non-hydrogen) atoms. The van der Waals surface area contributed by atoms with Crippen LogP contribution in [0.15, 0.2) is 120 Å². The van der Waals surface area contributed by atoms with Gasteiger partial charge in [-0.3, -0.25) is 0 Å². The Morgan fingerprint density at radius 3 is 2.16 bits per heavy atom. The summed E-state index contributed by atoms with van der Waals surface area (Å²) in [5.74, 6) is 0. The molecule has 0 saturated heterocycles. The molecule has 2 aliphatic heterocycles. The lowest BCUT2D eigenvalue weighted by Gasteiger charge is -2.27. The van der Waals surface area contributed by atoms with Crippen molar-refractivity contribution >= 4 is 38.6 Å². The van der Waals surface area contributed by atoms with E-state index in [2.05, 4.69) is 154 Å². The first-order valence-electron chi connectivity index (χ1n) is 16.4. The smallest absolute Gasteiger partial charge is 0.210 e. The van der Waals surface area contributed by atoms with Crippen LogP contribution in [0.25, 0.3) is 21.5 Å². The lowest BCUT2D eigenvalue weighted by molar-refractivity contribution is -0.401. The standard InChI is InChI=1S/C42H45N2/c1-7-27-44-36-24-22-32-16-9-11-18-34(32)40(36)42(4,5)38(44)26-20-30-14-12-13-29(28-30)19-25-37-41(2,3)39-33-17-10-8-15-31(33)21-23-35(39)43(37)6/h8-11,15-26,28H,7,12-14,27H2,1-6H3/q+1. The third-order valence-electron chi connectivity index (χ3n) is 10.3. The lowest BCUT2D eigenvalue weighted by atomic mass is 9.79. The molecule has 0 atom stereocenters. The molecule has 7 rings (SSSR count). The van der Waals surface area contributed by atoms with Crippen LogP contribution in [-0.4, -0.2) is 23.9 Å². The Bertz CT molecular complexity index is 1960. The molecule has 0 fully saturated rings. The Balaban J connectivity index is 1.21. The van der Waals surface area contributed by atoms with Crippen molar-refractivity contribution < 1.29 is 4.58 Å². The molecule has 0 aromatic heterocycles. The number of hydrogen-bond acceptors (Lipinski definition) is 1. The van der Waals surface area contributed by atoms with Gasteiger partial charge in [0.1, 0.15) is 7.05 Å². The van der Waals surface area contributed by atoms with Crippen LogP contribution in [-0.2, 0) is 10.8 Å². The molecular formula is C42H45N2+. The Labute approximate surface area is 263 Å². The molecule has 0 N–H and O–H groups in total. The quantitative estimate of drug-likeness (QED) is 0.214. The van der Waals surface area contributed by atoms with E-state index in [1.807, 2.05) is 0 Å². The zero-order chi connectivity index (χ0) is 30.6. The van der Waals surface area contributed by atoms with E-state index >= 15 is 0 Å². The summed E-state index contributed by atoms with van der Waals surface area (Å²) in [6.07, 6.45) is 16.6. The normalized spacial score (nSPS) is 20.8. The highest BCUT2D eigenvalue weighted by Gasteiger charge is 2.44. The highest BCUT2D eigenvalue weighted by atomic mass is 15.2. The summed E-state index contributed by atoms with van der Waals surface area (Å²) in [6.45, 7) is 12.9. The van der Waals surface area contributed by atoms with Gasteiger partial charge in [0.05, 0.1) is 5.41 Å². The average Bonchev–Trinajstić information content (AvgIpc) is 3.37. The SMILES string of the molecule is CCCN1/C(=C/C=C2C=C(/C=C/C3=[N+](C)c4ccc5ccccc5c4C3(C)C)CCC/2)C(C)(C)c2c1ccc1ccccc21. The van der Waals surface area contributed by atoms with E-state index < -0.39 is 0 Å². The number of rotatable bonds is 5. The molecule has 4 aromatic carbocycles. The monoisotopic (exact) mass is 577 g/mol. The van der Waals surface area contributed by atoms with Crippen molar-refractivity contribution in [3.05, 3.63) is 131 Å². The van der Waals surface area contributed by atoms with E-state index in [0.29, 0.717) is 0 Å². The van der Waals surface area contributed by atoms with Gasteiger partial charge in [0, 0.05) is 41.1 Å². The fraction of sp³-hybridized carbons (Fsp3) is 0.310. The Kier molecular flexibility index (Phi) is 7.00. The van der Waals surface area contributed by atoms with Gasteiger partial charge in [-0.05, 0) is 96.0 Å². The van der Waals surface area contributed by atoms with E-state index in [4.69, 9.17) is 0 Å². The minimum atomic E-state index is -0.0598. The van der Waals surface area contributed by atoms with Crippen molar-refractivity contribution in [1.29, 1.82) is 0 Å². The van der Waals surface area contributed by atoms with Crippen LogP contribution in [0.4, 0.5) is 11.4 Å². The first-order chi connectivity index (χ1) is 21.2. The van der Waals surface area contributed by atoms with E-state index in [1.54, 1.807) is 0 Å². The minimum Gasteiger partial charge on any atom is -0.344 e. The highest BCUT2D eigenvalue weighted by molar-refractivity contribution is 6.07. The van der Waals surface area contributed by atoms with Crippen molar-refractivity contribution in [1.82, 2.24) is 0 Å². The molecule has 0 saturated carbocycles. The average molecular weight is 578 g/mol. The number of anilines is 1. The summed E-state index contributed by atoms with van der Waals surface area (Å²) in [6, 6.07) is 26.9. The van der Waals surface area contributed by atoms with Gasteiger partial charge in [-0.25, -0.2) is 0 Å². The lowest BCUT2D eigenvalue weighted by Crippen LogP contribution is -2.27. The van der Waals surface area contributed by atoms with E-state index in [-0.39, 0.29) is 10.8 Å². The number of hydrogen-bond donors (Lipinski definition) is 0. The first kappa shape index (κ1) is 28.6. The summed E-state index contributed by atoms with van der Waals surface area (Å²) in [7, 11) is 2.22. The molecular weight excluding hydrogens is 532 g/mol. The summed E-state index contributed by atoms with van der Waals surface area (Å²) in [4.78, 5) is 2.57. The van der Waals surface area contributed by atoms with E-state index in [1.165, 1.54) is 73.0 Å². The fourth-order valence-corrected chi connectivity index (χ4v) is 8.21. The molecule has 0 spiro atoms. The molecule has 0 bridgehead atoms. The molecule has 4 aromatic rings. The van der Waals surface area contributed by atoms with Gasteiger partial charge in [0.2, 0.25) is 5.69 Å². The van der Waals surface area contributed by atoms with Crippen molar-refractivity contribution in [2.24, 2.45) is 0 Å². The maximum absolute atomic E-state index is 2.57. The van der Waals surface area contributed by atoms with Gasteiger partial charge < -0.3 is 4.90 Å². The molecule has 2 heterocycles. The zero-order valence-corrected chi connectivity index (χ0v) is 27.2. The number of nitrogens with zero attached hydrogens (tertiary/aromatic N) is 2. The maximum Gasteiger partial charge on any atom is 0.210 e. The summed E-state index contributed by atoms with van der Waals surface area (Å²) >= 11 is 0. The van der Waals surface area contributed by atoms with Crippen LogP contribution < -0.4 is 4.90 Å². The van der Waals surface area contributed by atoms with Crippen molar-refractivity contribution in [2.45, 2.75) is 71.1 Å². The summed E-state index contributed by atoms with van der Waals surface area (Å²) < 4.78 is 2.40. The molecule has 0 radical (unpaired) electrons. The predicted molar refractivity (Wildman–Crippen MR) is 190 cm³/mol. The molecule has 2 heteroatoms. The fourth-order valence-electron chi connectivity index (χ4n) is 8.21. The maximum atomic E-state index is 2.57. The first-order valence-corrected chi connectivity index (χ1v) is 16.4. The van der Waals surface area contributed by atoms with Crippen LogP contribution in [0.1, 0.15) is 71.4 Å². The van der Waals surface area contributed by atoms with Crippen LogP contribution in [0.5, 0.6) is 0 Å². The minimum absolute atomic E-state index is 0.0575. The number of benzene rings is 4. The largest absolute Gasteiger partial charge is 0.344 e. The van der Waals surface area contributed by atoms with Crippen LogP contribution in [0.2, 0.25) is 0 Å². The van der Waals surface area contributed by atoms with Crippen LogP contribution >= 0.6 is 0 Å². The summed E-state index contributed by atoms with van der Waals surface area (Å²) in [5, 5.41) is 5.38. The van der Waals surface area contributed by atoms with Crippen LogP contribution in [0, 0.1) is 0 Å². The van der Waals surface area contributed by atoms with Gasteiger partial charge in [-0.15, -0.1) is 0 Å². The number of fused-ring (bicyclic) bond motifs is 6. The van der Waals surface area contributed by atoms with Crippen LogP contribution in [0.3, 0.4) is 0 Å². The predicted octanol–water partition coefficient (Wildman–Crippen LogP) is 10.7. The molecule has 0 amide bonds. The molecule has 0 unspecified atom stereocenters. The second-order valence-electron chi connectivity index (χ2n) is 13.9. The molecule has 2 nitrogen and oxygen atoms in total. The molecule has 222 valence electrons. The molecule has 1 aliphatic carbocycles. The number of allylic oxidation sites excluding steroid dienone is 8. The van der Waals surface area contributed by atoms with E-state index in [0.717, 1.165) is 25.8 Å². The third kappa shape index (κ3) is 4.50. The highest BCUT2D eigenvalue weighted by Crippen LogP contribution is 2.51. The van der Waals surface area contributed by atoms with E-state index in [9.17, 15) is 0 Å². The Morgan fingerprint density at radius 1 is 0.750 bits per heavy atom. The Morgan fingerprint density at radius 2 is 1.43 bits per heavy atom. The molecule has 3 aliphatic rings. The second kappa shape index (κ2) is 10.8. The van der Waals surface area contributed by atoms with Gasteiger partial charge >= 0.3 is 0 Å². The van der Waals surface area contributed by atoms with Gasteiger partial charge in [0.15, 0.2) is 5.71 Å². The third-order valence-corrected chi connectivity index (χ3v) is 10.3.